The molecule has 122 valence electrons. The van der Waals surface area contributed by atoms with Crippen LogP contribution in [0.4, 0.5) is 0 Å². The molecular weight excluding hydrogens is 324 g/mol. The fourth-order valence-corrected chi connectivity index (χ4v) is 5.63. The van der Waals surface area contributed by atoms with Gasteiger partial charge in [0.2, 0.25) is 5.91 Å². The van der Waals surface area contributed by atoms with Gasteiger partial charge in [-0.3, -0.25) is 9.69 Å². The molecule has 0 spiro atoms. The van der Waals surface area contributed by atoms with E-state index in [2.05, 4.69) is 39.2 Å². The minimum absolute atomic E-state index is 0.192. The lowest BCUT2D eigenvalue weighted by Crippen LogP contribution is -2.44. The smallest absolute Gasteiger partial charge is 0.234 e. The Balaban J connectivity index is 1.51. The van der Waals surface area contributed by atoms with Crippen molar-refractivity contribution in [3.8, 4) is 0 Å². The maximum atomic E-state index is 12.5. The Morgan fingerprint density at radius 2 is 2.09 bits per heavy atom. The Kier molecular flexibility index (Phi) is 4.51. The lowest BCUT2D eigenvalue weighted by atomic mass is 9.98. The van der Waals surface area contributed by atoms with Crippen LogP contribution in [0.2, 0.25) is 0 Å². The number of carbonyl (C=O) groups excluding carboxylic acids is 1. The van der Waals surface area contributed by atoms with Gasteiger partial charge in [-0.15, -0.1) is 22.7 Å². The van der Waals surface area contributed by atoms with Crippen molar-refractivity contribution in [3.63, 3.8) is 0 Å². The molecule has 0 radical (unpaired) electrons. The van der Waals surface area contributed by atoms with Gasteiger partial charge in [-0.05, 0) is 47.7 Å². The molecule has 1 aliphatic carbocycles. The summed E-state index contributed by atoms with van der Waals surface area (Å²) in [5.41, 5.74) is 1.40. The highest BCUT2D eigenvalue weighted by Crippen LogP contribution is 2.39. The number of rotatable bonds is 4. The predicted octanol–water partition coefficient (Wildman–Crippen LogP) is 3.82. The van der Waals surface area contributed by atoms with E-state index in [9.17, 15) is 4.79 Å². The van der Waals surface area contributed by atoms with Gasteiger partial charge in [-0.25, -0.2) is 0 Å². The largest absolute Gasteiger partial charge is 0.352 e. The van der Waals surface area contributed by atoms with Gasteiger partial charge >= 0.3 is 0 Å². The lowest BCUT2D eigenvalue weighted by Gasteiger charge is -2.35. The fraction of sp³-hybridized carbons (Fsp3) is 0.500. The number of hydrogen-bond donors (Lipinski definition) is 1. The zero-order chi connectivity index (χ0) is 15.6. The number of nitrogens with zero attached hydrogens (tertiary/aromatic N) is 1. The van der Waals surface area contributed by atoms with Gasteiger partial charge in [0.25, 0.3) is 0 Å². The molecule has 2 aromatic rings. The molecule has 1 saturated carbocycles. The molecule has 0 aromatic carbocycles. The van der Waals surface area contributed by atoms with Gasteiger partial charge in [0.05, 0.1) is 12.6 Å². The Hall–Kier alpha value is -1.17. The normalized spacial score (nSPS) is 22.2. The van der Waals surface area contributed by atoms with Gasteiger partial charge in [0, 0.05) is 22.3 Å². The molecule has 4 rings (SSSR count). The van der Waals surface area contributed by atoms with E-state index in [0.717, 1.165) is 25.8 Å². The van der Waals surface area contributed by atoms with Crippen LogP contribution < -0.4 is 5.32 Å². The van der Waals surface area contributed by atoms with Crippen molar-refractivity contribution in [2.24, 2.45) is 0 Å². The Morgan fingerprint density at radius 1 is 1.22 bits per heavy atom. The fourth-order valence-electron chi connectivity index (χ4n) is 3.85. The molecule has 3 nitrogen and oxygen atoms in total. The van der Waals surface area contributed by atoms with Crippen molar-refractivity contribution in [1.29, 1.82) is 0 Å². The van der Waals surface area contributed by atoms with Crippen molar-refractivity contribution in [1.82, 2.24) is 10.2 Å². The summed E-state index contributed by atoms with van der Waals surface area (Å²) in [6.45, 7) is 1.47. The first kappa shape index (κ1) is 15.4. The summed E-state index contributed by atoms with van der Waals surface area (Å²) in [4.78, 5) is 17.7. The van der Waals surface area contributed by atoms with E-state index < -0.39 is 0 Å². The summed E-state index contributed by atoms with van der Waals surface area (Å²) in [7, 11) is 0. The molecule has 1 unspecified atom stereocenters. The lowest BCUT2D eigenvalue weighted by molar-refractivity contribution is -0.123. The van der Waals surface area contributed by atoms with Crippen LogP contribution in [-0.2, 0) is 11.2 Å². The minimum Gasteiger partial charge on any atom is -0.352 e. The molecular formula is C18H22N2OS2. The Bertz CT molecular complexity index is 658. The number of hydrogen-bond acceptors (Lipinski definition) is 4. The summed E-state index contributed by atoms with van der Waals surface area (Å²) in [5, 5.41) is 7.55. The van der Waals surface area contributed by atoms with E-state index in [0.29, 0.717) is 12.6 Å². The van der Waals surface area contributed by atoms with E-state index in [1.807, 2.05) is 11.3 Å². The average molecular weight is 347 g/mol. The number of thiophene rings is 2. The van der Waals surface area contributed by atoms with E-state index >= 15 is 0 Å². The van der Waals surface area contributed by atoms with E-state index in [1.54, 1.807) is 11.3 Å². The molecule has 2 aromatic heterocycles. The van der Waals surface area contributed by atoms with Crippen LogP contribution in [0.3, 0.4) is 0 Å². The average Bonchev–Trinajstić information content (AvgIpc) is 3.29. The number of amides is 1. The first-order valence-electron chi connectivity index (χ1n) is 8.44. The second kappa shape index (κ2) is 6.75. The van der Waals surface area contributed by atoms with Gasteiger partial charge in [0.1, 0.15) is 0 Å². The van der Waals surface area contributed by atoms with Crippen LogP contribution >= 0.6 is 22.7 Å². The SMILES string of the molecule is O=C(CN1CCc2sccc2C1c1cccs1)NC1CCCC1. The van der Waals surface area contributed by atoms with Crippen LogP contribution in [0.1, 0.15) is 47.0 Å². The standard InChI is InChI=1S/C18H22N2OS2/c21-17(19-13-4-1-2-5-13)12-20-9-7-15-14(8-11-23-15)18(20)16-6-3-10-22-16/h3,6,8,10-11,13,18H,1-2,4-5,7,9,12H2,(H,19,21). The highest BCUT2D eigenvalue weighted by atomic mass is 32.1. The quantitative estimate of drug-likeness (QED) is 0.913. The second-order valence-corrected chi connectivity index (χ2v) is 8.47. The molecule has 1 atom stereocenters. The second-order valence-electron chi connectivity index (χ2n) is 6.49. The predicted molar refractivity (Wildman–Crippen MR) is 96.2 cm³/mol. The van der Waals surface area contributed by atoms with Crippen LogP contribution in [0.15, 0.2) is 29.0 Å². The van der Waals surface area contributed by atoms with Crippen LogP contribution in [0, 0.1) is 0 Å². The van der Waals surface area contributed by atoms with Crippen LogP contribution in [-0.4, -0.2) is 29.9 Å². The zero-order valence-electron chi connectivity index (χ0n) is 13.2. The highest BCUT2D eigenvalue weighted by molar-refractivity contribution is 7.10. The van der Waals surface area contributed by atoms with Crippen LogP contribution in [0.5, 0.6) is 0 Å². The monoisotopic (exact) mass is 346 g/mol. The highest BCUT2D eigenvalue weighted by Gasteiger charge is 2.31. The maximum Gasteiger partial charge on any atom is 0.234 e. The van der Waals surface area contributed by atoms with Gasteiger partial charge in [-0.2, -0.15) is 0 Å². The number of carbonyl (C=O) groups is 1. The van der Waals surface area contributed by atoms with Crippen molar-refractivity contribution in [3.05, 3.63) is 44.3 Å². The summed E-state index contributed by atoms with van der Waals surface area (Å²) in [5.74, 6) is 0.192. The van der Waals surface area contributed by atoms with Crippen molar-refractivity contribution in [2.45, 2.75) is 44.2 Å². The van der Waals surface area contributed by atoms with E-state index in [1.165, 1.54) is 28.2 Å². The van der Waals surface area contributed by atoms with Crippen molar-refractivity contribution in [2.75, 3.05) is 13.1 Å². The number of nitrogens with one attached hydrogen (secondary N) is 1. The summed E-state index contributed by atoms with van der Waals surface area (Å²) in [6, 6.07) is 7.20. The zero-order valence-corrected chi connectivity index (χ0v) is 14.8. The summed E-state index contributed by atoms with van der Waals surface area (Å²) < 4.78 is 0. The summed E-state index contributed by atoms with van der Waals surface area (Å²) >= 11 is 3.64. The molecule has 0 saturated heterocycles. The van der Waals surface area contributed by atoms with Gasteiger partial charge < -0.3 is 5.32 Å². The first-order valence-corrected chi connectivity index (χ1v) is 10.2. The van der Waals surface area contributed by atoms with Crippen molar-refractivity contribution < 1.29 is 4.79 Å². The molecule has 1 aliphatic heterocycles. The third-order valence-corrected chi connectivity index (χ3v) is 6.87. The van der Waals surface area contributed by atoms with E-state index in [-0.39, 0.29) is 11.9 Å². The third-order valence-electron chi connectivity index (χ3n) is 4.95. The molecule has 2 aliphatic rings. The van der Waals surface area contributed by atoms with E-state index in [4.69, 9.17) is 0 Å². The number of fused-ring (bicyclic) bond motifs is 1. The molecule has 1 fully saturated rings. The molecule has 23 heavy (non-hydrogen) atoms. The first-order chi connectivity index (χ1) is 11.3. The third kappa shape index (κ3) is 3.23. The molecule has 5 heteroatoms. The topological polar surface area (TPSA) is 32.3 Å². The Morgan fingerprint density at radius 3 is 2.87 bits per heavy atom. The maximum absolute atomic E-state index is 12.5. The van der Waals surface area contributed by atoms with Gasteiger partial charge in [-0.1, -0.05) is 18.9 Å². The summed E-state index contributed by atoms with van der Waals surface area (Å²) in [6.07, 6.45) is 5.87. The van der Waals surface area contributed by atoms with Crippen LogP contribution in [0.25, 0.3) is 0 Å². The van der Waals surface area contributed by atoms with Crippen molar-refractivity contribution >= 4 is 28.6 Å². The molecule has 0 bridgehead atoms. The molecule has 1 N–H and O–H groups in total. The van der Waals surface area contributed by atoms with Gasteiger partial charge in [0.15, 0.2) is 0 Å². The molecule has 3 heterocycles. The Labute approximate surface area is 145 Å². The molecule has 1 amide bonds. The minimum atomic E-state index is 0.192.